The molecule has 4 N–H and O–H groups in total. The molecular formula is C10H11BrN4OS2. The van der Waals surface area contributed by atoms with Crippen molar-refractivity contribution in [1.82, 2.24) is 9.69 Å². The van der Waals surface area contributed by atoms with E-state index in [4.69, 9.17) is 5.73 Å². The Bertz CT molecular complexity index is 566. The van der Waals surface area contributed by atoms with Crippen LogP contribution in [0.1, 0.15) is 15.2 Å². The summed E-state index contributed by atoms with van der Waals surface area (Å²) in [5.74, 6) is 0.0327. The van der Waals surface area contributed by atoms with E-state index < -0.39 is 0 Å². The maximum atomic E-state index is 11.7. The predicted molar refractivity (Wildman–Crippen MR) is 79.3 cm³/mol. The Morgan fingerprint density at radius 1 is 1.61 bits per heavy atom. The highest BCUT2D eigenvalue weighted by Crippen LogP contribution is 2.28. The lowest BCUT2D eigenvalue weighted by Gasteiger charge is -2.04. The summed E-state index contributed by atoms with van der Waals surface area (Å²) in [5, 5.41) is 8.44. The summed E-state index contributed by atoms with van der Waals surface area (Å²) in [6.07, 6.45) is 0. The molecule has 1 amide bonds. The monoisotopic (exact) mass is 346 g/mol. The number of amides is 1. The van der Waals surface area contributed by atoms with E-state index in [0.717, 1.165) is 9.35 Å². The van der Waals surface area contributed by atoms with Gasteiger partial charge in [0.1, 0.15) is 10.6 Å². The Labute approximate surface area is 121 Å². The van der Waals surface area contributed by atoms with Gasteiger partial charge in [-0.15, -0.1) is 11.3 Å². The van der Waals surface area contributed by atoms with E-state index in [9.17, 15) is 4.79 Å². The Morgan fingerprint density at radius 2 is 2.39 bits per heavy atom. The molecule has 2 heterocycles. The number of aromatic nitrogens is 1. The molecule has 2 aromatic heterocycles. The maximum absolute atomic E-state index is 11.7. The van der Waals surface area contributed by atoms with Gasteiger partial charge in [0.15, 0.2) is 5.82 Å². The molecule has 0 aromatic carbocycles. The molecule has 18 heavy (non-hydrogen) atoms. The summed E-state index contributed by atoms with van der Waals surface area (Å²) in [4.78, 5) is 12.8. The molecular weight excluding hydrogens is 336 g/mol. The summed E-state index contributed by atoms with van der Waals surface area (Å²) in [5.41, 5.74) is 6.10. The first-order valence-corrected chi connectivity index (χ1v) is 7.50. The normalized spacial score (nSPS) is 10.3. The van der Waals surface area contributed by atoms with Crippen molar-refractivity contribution in [3.63, 3.8) is 0 Å². The molecule has 0 spiro atoms. The first-order valence-electron chi connectivity index (χ1n) is 5.06. The molecule has 0 aliphatic carbocycles. The lowest BCUT2D eigenvalue weighted by molar-refractivity contribution is 0.0965. The van der Waals surface area contributed by atoms with Crippen LogP contribution < -0.4 is 16.4 Å². The van der Waals surface area contributed by atoms with Gasteiger partial charge in [-0.3, -0.25) is 4.79 Å². The molecule has 96 valence electrons. The maximum Gasteiger partial charge on any atom is 0.257 e. The molecule has 2 aromatic rings. The Kier molecular flexibility index (Phi) is 4.20. The Morgan fingerprint density at radius 3 is 3.00 bits per heavy atom. The van der Waals surface area contributed by atoms with Crippen molar-refractivity contribution < 1.29 is 4.79 Å². The summed E-state index contributed by atoms with van der Waals surface area (Å²) in [7, 11) is 1.57. The number of carbonyl (C=O) groups is 1. The van der Waals surface area contributed by atoms with Crippen molar-refractivity contribution in [2.24, 2.45) is 0 Å². The van der Waals surface area contributed by atoms with Gasteiger partial charge < -0.3 is 16.4 Å². The molecule has 8 heteroatoms. The average Bonchev–Trinajstić information content (AvgIpc) is 2.92. The van der Waals surface area contributed by atoms with Crippen LogP contribution in [0.25, 0.3) is 0 Å². The van der Waals surface area contributed by atoms with Crippen molar-refractivity contribution >= 4 is 55.5 Å². The van der Waals surface area contributed by atoms with Gasteiger partial charge in [-0.1, -0.05) is 0 Å². The second-order valence-corrected chi connectivity index (χ2v) is 6.12. The third-order valence-corrected chi connectivity index (χ3v) is 4.73. The van der Waals surface area contributed by atoms with E-state index in [0.29, 0.717) is 17.1 Å². The number of nitrogens with zero attached hydrogens (tertiary/aromatic N) is 1. The predicted octanol–water partition coefficient (Wildman–Crippen LogP) is 2.52. The fourth-order valence-corrected chi connectivity index (χ4v) is 3.48. The first kappa shape index (κ1) is 13.3. The number of hydrogen-bond acceptors (Lipinski definition) is 6. The number of nitrogen functional groups attached to an aromatic ring is 1. The minimum atomic E-state index is -0.226. The van der Waals surface area contributed by atoms with Crippen LogP contribution in [-0.2, 0) is 6.54 Å². The smallest absolute Gasteiger partial charge is 0.257 e. The van der Waals surface area contributed by atoms with Gasteiger partial charge in [0.25, 0.3) is 5.91 Å². The highest BCUT2D eigenvalue weighted by molar-refractivity contribution is 9.10. The molecule has 0 unspecified atom stereocenters. The molecule has 2 rings (SSSR count). The first-order chi connectivity index (χ1) is 8.61. The molecule has 0 aliphatic rings. The SMILES string of the molecule is CNC(=O)c1c(N)nsc1NCc1cc(Br)cs1. The lowest BCUT2D eigenvalue weighted by Crippen LogP contribution is -2.19. The van der Waals surface area contributed by atoms with E-state index in [1.807, 2.05) is 11.4 Å². The zero-order valence-electron chi connectivity index (χ0n) is 9.49. The molecule has 0 saturated carbocycles. The van der Waals surface area contributed by atoms with E-state index in [-0.39, 0.29) is 11.7 Å². The van der Waals surface area contributed by atoms with Crippen LogP contribution in [0.2, 0.25) is 0 Å². The van der Waals surface area contributed by atoms with Gasteiger partial charge in [0, 0.05) is 21.8 Å². The minimum absolute atomic E-state index is 0.226. The quantitative estimate of drug-likeness (QED) is 0.794. The van der Waals surface area contributed by atoms with E-state index in [2.05, 4.69) is 30.9 Å². The second-order valence-electron chi connectivity index (χ2n) is 3.44. The largest absolute Gasteiger partial charge is 0.382 e. The van der Waals surface area contributed by atoms with E-state index >= 15 is 0 Å². The van der Waals surface area contributed by atoms with Crippen LogP contribution in [0.3, 0.4) is 0 Å². The summed E-state index contributed by atoms with van der Waals surface area (Å²) >= 11 is 6.23. The van der Waals surface area contributed by atoms with Crippen molar-refractivity contribution in [3.05, 3.63) is 26.4 Å². The Balaban J connectivity index is 2.12. The van der Waals surface area contributed by atoms with Gasteiger partial charge in [-0.25, -0.2) is 0 Å². The van der Waals surface area contributed by atoms with Gasteiger partial charge >= 0.3 is 0 Å². The zero-order chi connectivity index (χ0) is 13.1. The standard InChI is InChI=1S/C10H11BrN4OS2/c1-13-9(16)7-8(12)15-18-10(7)14-3-6-2-5(11)4-17-6/h2,4,14H,3H2,1H3,(H2,12,15)(H,13,16). The average molecular weight is 347 g/mol. The fraction of sp³-hybridized carbons (Fsp3) is 0.200. The molecule has 0 atom stereocenters. The van der Waals surface area contributed by atoms with Gasteiger partial charge in [-0.2, -0.15) is 4.37 Å². The van der Waals surface area contributed by atoms with Gasteiger partial charge in [0.2, 0.25) is 0 Å². The topological polar surface area (TPSA) is 80.0 Å². The number of nitrogens with one attached hydrogen (secondary N) is 2. The number of rotatable bonds is 4. The number of thiophene rings is 1. The number of nitrogens with two attached hydrogens (primary N) is 1. The third-order valence-electron chi connectivity index (χ3n) is 2.22. The van der Waals surface area contributed by atoms with Crippen LogP contribution in [0, 0.1) is 0 Å². The number of halogens is 1. The van der Waals surface area contributed by atoms with Crippen LogP contribution in [0.15, 0.2) is 15.9 Å². The van der Waals surface area contributed by atoms with Crippen LogP contribution in [-0.4, -0.2) is 17.3 Å². The van der Waals surface area contributed by atoms with Crippen molar-refractivity contribution in [3.8, 4) is 0 Å². The van der Waals surface area contributed by atoms with Crippen molar-refractivity contribution in [2.75, 3.05) is 18.1 Å². The molecule has 0 radical (unpaired) electrons. The minimum Gasteiger partial charge on any atom is -0.382 e. The van der Waals surface area contributed by atoms with Crippen LogP contribution in [0.4, 0.5) is 10.8 Å². The van der Waals surface area contributed by atoms with Crippen LogP contribution in [0.5, 0.6) is 0 Å². The number of hydrogen-bond donors (Lipinski definition) is 3. The molecule has 0 aliphatic heterocycles. The lowest BCUT2D eigenvalue weighted by atomic mass is 10.3. The molecule has 5 nitrogen and oxygen atoms in total. The molecule has 0 fully saturated rings. The summed E-state index contributed by atoms with van der Waals surface area (Å²) < 4.78 is 5.05. The van der Waals surface area contributed by atoms with E-state index in [1.54, 1.807) is 18.4 Å². The number of carbonyl (C=O) groups excluding carboxylic acids is 1. The van der Waals surface area contributed by atoms with Crippen molar-refractivity contribution in [1.29, 1.82) is 0 Å². The molecule has 0 bridgehead atoms. The Hall–Kier alpha value is -1.12. The zero-order valence-corrected chi connectivity index (χ0v) is 12.7. The summed E-state index contributed by atoms with van der Waals surface area (Å²) in [6, 6.07) is 2.03. The van der Waals surface area contributed by atoms with E-state index in [1.165, 1.54) is 11.5 Å². The van der Waals surface area contributed by atoms with Crippen molar-refractivity contribution in [2.45, 2.75) is 6.54 Å². The second kappa shape index (κ2) is 5.68. The number of anilines is 2. The highest BCUT2D eigenvalue weighted by atomic mass is 79.9. The molecule has 0 saturated heterocycles. The van der Waals surface area contributed by atoms with Gasteiger partial charge in [-0.05, 0) is 33.5 Å². The fourth-order valence-electron chi connectivity index (χ4n) is 1.38. The van der Waals surface area contributed by atoms with Crippen LogP contribution >= 0.6 is 38.8 Å². The summed E-state index contributed by atoms with van der Waals surface area (Å²) in [6.45, 7) is 0.641. The third kappa shape index (κ3) is 2.82. The van der Waals surface area contributed by atoms with Gasteiger partial charge in [0.05, 0.1) is 6.54 Å². The highest BCUT2D eigenvalue weighted by Gasteiger charge is 2.17.